The lowest BCUT2D eigenvalue weighted by molar-refractivity contribution is 0.389. The number of thiophene rings is 1. The van der Waals surface area contributed by atoms with Crippen molar-refractivity contribution in [3.05, 3.63) is 101 Å². The van der Waals surface area contributed by atoms with Crippen LogP contribution in [0.3, 0.4) is 0 Å². The molecule has 150 valence electrons. The molecule has 0 aliphatic carbocycles. The van der Waals surface area contributed by atoms with Crippen molar-refractivity contribution < 1.29 is 0 Å². The smallest absolute Gasteiger partial charge is 0.114 e. The molecule has 1 aromatic heterocycles. The van der Waals surface area contributed by atoms with Gasteiger partial charge in [0.15, 0.2) is 0 Å². The van der Waals surface area contributed by atoms with Crippen LogP contribution in [0.1, 0.15) is 17.2 Å². The highest BCUT2D eigenvalue weighted by Crippen LogP contribution is 2.42. The number of allylic oxidation sites excluding steroid dienone is 2. The predicted molar refractivity (Wildman–Crippen MR) is 135 cm³/mol. The summed E-state index contributed by atoms with van der Waals surface area (Å²) in [6.07, 6.45) is 7.21. The average molecular weight is 426 g/mol. The Morgan fingerprint density at radius 2 is 1.60 bits per heavy atom. The van der Waals surface area contributed by atoms with E-state index in [2.05, 4.69) is 117 Å². The second kappa shape index (κ2) is 7.26. The van der Waals surface area contributed by atoms with E-state index in [9.17, 15) is 0 Å². The van der Waals surface area contributed by atoms with Crippen molar-refractivity contribution in [2.45, 2.75) is 26.1 Å². The molecular weight excluding hydrogens is 398 g/mol. The SMILES string of the molecule is Cc1ccc2c(sc3ccccc32)c1C1C=CC([Si](C)(C)c2ccccc2)=CN1C. The first-order valence-corrected chi connectivity index (χ1v) is 14.4. The molecule has 0 bridgehead atoms. The van der Waals surface area contributed by atoms with Crippen LogP contribution in [0.2, 0.25) is 13.1 Å². The molecule has 1 aliphatic heterocycles. The minimum Gasteiger partial charge on any atom is -0.370 e. The third-order valence-electron chi connectivity index (χ3n) is 6.56. The van der Waals surface area contributed by atoms with Crippen LogP contribution >= 0.6 is 11.3 Å². The average Bonchev–Trinajstić information content (AvgIpc) is 3.13. The Kier molecular flexibility index (Phi) is 4.68. The third kappa shape index (κ3) is 3.04. The molecule has 1 unspecified atom stereocenters. The molecule has 1 aliphatic rings. The lowest BCUT2D eigenvalue weighted by Crippen LogP contribution is -2.44. The van der Waals surface area contributed by atoms with E-state index < -0.39 is 8.07 Å². The first-order chi connectivity index (χ1) is 14.5. The van der Waals surface area contributed by atoms with Crippen molar-refractivity contribution >= 4 is 44.8 Å². The summed E-state index contributed by atoms with van der Waals surface area (Å²) in [6, 6.07) is 24.6. The Bertz CT molecular complexity index is 1300. The molecule has 0 N–H and O–H groups in total. The van der Waals surface area contributed by atoms with Crippen LogP contribution in [0.5, 0.6) is 0 Å². The van der Waals surface area contributed by atoms with Crippen molar-refractivity contribution in [1.29, 1.82) is 0 Å². The second-order valence-corrected chi connectivity index (χ2v) is 14.3. The maximum absolute atomic E-state index is 2.45. The minimum atomic E-state index is -1.71. The fourth-order valence-electron chi connectivity index (χ4n) is 4.64. The van der Waals surface area contributed by atoms with E-state index in [1.807, 2.05) is 11.3 Å². The Morgan fingerprint density at radius 3 is 2.37 bits per heavy atom. The van der Waals surface area contributed by atoms with Gasteiger partial charge in [0, 0.05) is 27.2 Å². The van der Waals surface area contributed by atoms with Gasteiger partial charge in [-0.15, -0.1) is 11.3 Å². The zero-order valence-electron chi connectivity index (χ0n) is 18.0. The molecule has 0 saturated heterocycles. The molecule has 3 aromatic carbocycles. The number of nitrogens with zero attached hydrogens (tertiary/aromatic N) is 1. The minimum absolute atomic E-state index is 0.270. The monoisotopic (exact) mass is 425 g/mol. The van der Waals surface area contributed by atoms with Crippen molar-refractivity contribution in [2.75, 3.05) is 7.05 Å². The lowest BCUT2D eigenvalue weighted by Gasteiger charge is -2.34. The number of likely N-dealkylation sites (N-methyl/N-ethyl adjacent to an activating group) is 1. The summed E-state index contributed by atoms with van der Waals surface area (Å²) in [6.45, 7) is 7.15. The van der Waals surface area contributed by atoms with E-state index in [1.54, 1.807) is 0 Å². The van der Waals surface area contributed by atoms with Gasteiger partial charge in [-0.25, -0.2) is 0 Å². The summed E-state index contributed by atoms with van der Waals surface area (Å²) in [7, 11) is 0.522. The Morgan fingerprint density at radius 1 is 0.867 bits per heavy atom. The fraction of sp³-hybridized carbons (Fsp3) is 0.185. The van der Waals surface area contributed by atoms with E-state index in [0.717, 1.165) is 0 Å². The molecule has 0 fully saturated rings. The van der Waals surface area contributed by atoms with Crippen molar-refractivity contribution in [3.8, 4) is 0 Å². The van der Waals surface area contributed by atoms with Crippen molar-refractivity contribution in [1.82, 2.24) is 4.90 Å². The molecule has 5 rings (SSSR count). The molecule has 2 heterocycles. The Hall–Kier alpha value is -2.62. The maximum Gasteiger partial charge on any atom is 0.114 e. The van der Waals surface area contributed by atoms with Gasteiger partial charge in [-0.2, -0.15) is 0 Å². The number of fused-ring (bicyclic) bond motifs is 3. The fourth-order valence-corrected chi connectivity index (χ4v) is 8.37. The summed E-state index contributed by atoms with van der Waals surface area (Å²) >= 11 is 1.93. The summed E-state index contributed by atoms with van der Waals surface area (Å²) in [4.78, 5) is 2.42. The quantitative estimate of drug-likeness (QED) is 0.321. The largest absolute Gasteiger partial charge is 0.370 e. The summed E-state index contributed by atoms with van der Waals surface area (Å²) < 4.78 is 2.80. The standard InChI is InChI=1S/C27H27NSSi/c1-19-14-16-23-22-12-8-9-13-25(22)29-27(23)26(19)24-17-15-21(18-28(24)2)30(3,4)20-10-6-5-7-11-20/h5-18,24H,1-4H3. The van der Waals surface area contributed by atoms with Crippen LogP contribution in [-0.2, 0) is 0 Å². The van der Waals surface area contributed by atoms with Gasteiger partial charge in [-0.05, 0) is 35.5 Å². The van der Waals surface area contributed by atoms with Crippen LogP contribution in [0.4, 0.5) is 0 Å². The van der Waals surface area contributed by atoms with Crippen LogP contribution in [0.15, 0.2) is 90.3 Å². The lowest BCUT2D eigenvalue weighted by atomic mass is 9.96. The van der Waals surface area contributed by atoms with Crippen LogP contribution in [0.25, 0.3) is 20.2 Å². The zero-order valence-corrected chi connectivity index (χ0v) is 19.8. The van der Waals surface area contributed by atoms with Crippen molar-refractivity contribution in [2.24, 2.45) is 0 Å². The highest BCUT2D eigenvalue weighted by molar-refractivity contribution is 7.26. The van der Waals surface area contributed by atoms with E-state index in [1.165, 1.54) is 41.7 Å². The predicted octanol–water partition coefficient (Wildman–Crippen LogP) is 6.94. The molecule has 0 spiro atoms. The second-order valence-electron chi connectivity index (χ2n) is 8.82. The highest BCUT2D eigenvalue weighted by atomic mass is 32.1. The summed E-state index contributed by atoms with van der Waals surface area (Å²) in [5, 5.41) is 5.71. The van der Waals surface area contributed by atoms with Crippen molar-refractivity contribution in [3.63, 3.8) is 0 Å². The van der Waals surface area contributed by atoms with Gasteiger partial charge in [-0.1, -0.05) is 91.1 Å². The van der Waals surface area contributed by atoms with Gasteiger partial charge < -0.3 is 4.90 Å². The Balaban J connectivity index is 1.58. The molecule has 30 heavy (non-hydrogen) atoms. The number of benzene rings is 3. The van der Waals surface area contributed by atoms with E-state index in [-0.39, 0.29) is 6.04 Å². The number of rotatable bonds is 3. The number of hydrogen-bond acceptors (Lipinski definition) is 2. The van der Waals surface area contributed by atoms with E-state index >= 15 is 0 Å². The van der Waals surface area contributed by atoms with Gasteiger partial charge in [-0.3, -0.25) is 0 Å². The first kappa shape index (κ1) is 19.3. The number of aryl methyl sites for hydroxylation is 1. The topological polar surface area (TPSA) is 3.24 Å². The molecular formula is C27H27NSSi. The summed E-state index contributed by atoms with van der Waals surface area (Å²) in [5.41, 5.74) is 2.81. The normalized spacial score (nSPS) is 17.0. The molecule has 4 aromatic rings. The molecule has 0 radical (unpaired) electrons. The van der Waals surface area contributed by atoms with Crippen LogP contribution in [0, 0.1) is 6.92 Å². The molecule has 3 heteroatoms. The Labute approximate surface area is 184 Å². The highest BCUT2D eigenvalue weighted by Gasteiger charge is 2.31. The summed E-state index contributed by atoms with van der Waals surface area (Å²) in [5.74, 6) is 0. The molecule has 0 saturated carbocycles. The molecule has 1 atom stereocenters. The third-order valence-corrected chi connectivity index (χ3v) is 11.3. The molecule has 1 nitrogen and oxygen atoms in total. The van der Waals surface area contributed by atoms with Crippen LogP contribution in [-0.4, -0.2) is 20.0 Å². The van der Waals surface area contributed by atoms with Gasteiger partial charge in [0.2, 0.25) is 0 Å². The van der Waals surface area contributed by atoms with Gasteiger partial charge in [0.25, 0.3) is 0 Å². The van der Waals surface area contributed by atoms with Gasteiger partial charge in [0.05, 0.1) is 6.04 Å². The van der Waals surface area contributed by atoms with Gasteiger partial charge in [0.1, 0.15) is 8.07 Å². The maximum atomic E-state index is 2.45. The number of hydrogen-bond donors (Lipinski definition) is 0. The van der Waals surface area contributed by atoms with E-state index in [0.29, 0.717) is 0 Å². The van der Waals surface area contributed by atoms with Crippen LogP contribution < -0.4 is 5.19 Å². The first-order valence-electron chi connectivity index (χ1n) is 10.6. The van der Waals surface area contributed by atoms with E-state index in [4.69, 9.17) is 0 Å². The zero-order chi connectivity index (χ0) is 20.9. The van der Waals surface area contributed by atoms with Gasteiger partial charge >= 0.3 is 0 Å². The molecule has 0 amide bonds.